The fourth-order valence-electron chi connectivity index (χ4n) is 2.87. The van der Waals surface area contributed by atoms with Crippen molar-refractivity contribution in [3.63, 3.8) is 0 Å². The Morgan fingerprint density at radius 2 is 1.92 bits per heavy atom. The third kappa shape index (κ3) is 3.71. The van der Waals surface area contributed by atoms with Crippen molar-refractivity contribution in [3.05, 3.63) is 35.5 Å². The van der Waals surface area contributed by atoms with E-state index in [0.717, 1.165) is 42.7 Å². The van der Waals surface area contributed by atoms with Crippen LogP contribution in [0, 0.1) is 0 Å². The Balaban J connectivity index is 0.00000208. The number of aromatic nitrogens is 2. The van der Waals surface area contributed by atoms with Crippen LogP contribution in [-0.2, 0) is 5.54 Å². The zero-order valence-electron chi connectivity index (χ0n) is 13.8. The molecule has 1 aliphatic rings. The van der Waals surface area contributed by atoms with Crippen molar-refractivity contribution < 1.29 is 14.0 Å². The molecule has 1 heterocycles. The van der Waals surface area contributed by atoms with Gasteiger partial charge in [0.15, 0.2) is 5.82 Å². The average molecular weight is 352 g/mol. The molecule has 130 valence electrons. The summed E-state index contributed by atoms with van der Waals surface area (Å²) in [7, 11) is 3.25. The Hall–Kier alpha value is -2.05. The fraction of sp³-hybridized carbons (Fsp3) is 0.412. The van der Waals surface area contributed by atoms with Crippen LogP contribution in [0.3, 0.4) is 0 Å². The molecule has 0 amide bonds. The Kier molecular flexibility index (Phi) is 5.85. The highest BCUT2D eigenvalue weighted by molar-refractivity contribution is 5.85. The number of halogens is 1. The van der Waals surface area contributed by atoms with Gasteiger partial charge in [-0.15, -0.1) is 12.4 Å². The summed E-state index contributed by atoms with van der Waals surface area (Å²) < 4.78 is 15.9. The molecule has 1 aliphatic carbocycles. The number of rotatable bonds is 5. The second-order valence-corrected chi connectivity index (χ2v) is 5.76. The molecule has 0 atom stereocenters. The first-order valence-electron chi connectivity index (χ1n) is 7.68. The highest BCUT2D eigenvalue weighted by Gasteiger charge is 2.35. The lowest BCUT2D eigenvalue weighted by Gasteiger charge is -2.17. The first kappa shape index (κ1) is 18.3. The molecule has 0 unspecified atom stereocenters. The van der Waals surface area contributed by atoms with E-state index in [0.29, 0.717) is 11.7 Å². The zero-order chi connectivity index (χ0) is 16.3. The maximum Gasteiger partial charge on any atom is 0.250 e. The van der Waals surface area contributed by atoms with Gasteiger partial charge in [0.25, 0.3) is 5.89 Å². The van der Waals surface area contributed by atoms with Crippen molar-refractivity contribution in [2.75, 3.05) is 14.2 Å². The van der Waals surface area contributed by atoms with E-state index in [-0.39, 0.29) is 12.4 Å². The normalized spacial score (nSPS) is 16.1. The molecular formula is C17H22ClN3O3. The molecule has 1 fully saturated rings. The second-order valence-electron chi connectivity index (χ2n) is 5.76. The summed E-state index contributed by atoms with van der Waals surface area (Å²) in [6.07, 6.45) is 7.63. The van der Waals surface area contributed by atoms with E-state index in [1.807, 2.05) is 24.3 Å². The predicted molar refractivity (Wildman–Crippen MR) is 94.4 cm³/mol. The van der Waals surface area contributed by atoms with E-state index in [9.17, 15) is 0 Å². The lowest BCUT2D eigenvalue weighted by molar-refractivity contribution is 0.364. The second kappa shape index (κ2) is 7.68. The molecule has 1 aromatic carbocycles. The molecule has 0 saturated heterocycles. The minimum atomic E-state index is -0.441. The third-order valence-corrected chi connectivity index (χ3v) is 4.23. The van der Waals surface area contributed by atoms with Crippen LogP contribution >= 0.6 is 12.4 Å². The maximum atomic E-state index is 6.34. The van der Waals surface area contributed by atoms with Gasteiger partial charge in [0.05, 0.1) is 19.8 Å². The summed E-state index contributed by atoms with van der Waals surface area (Å²) in [5.41, 5.74) is 6.77. The molecule has 1 aromatic heterocycles. The number of nitrogens with two attached hydrogens (primary N) is 1. The molecule has 7 heteroatoms. The van der Waals surface area contributed by atoms with Gasteiger partial charge in [0.1, 0.15) is 11.5 Å². The molecule has 6 nitrogen and oxygen atoms in total. The number of methoxy groups -OCH3 is 2. The van der Waals surface area contributed by atoms with Crippen LogP contribution in [0.5, 0.6) is 11.5 Å². The Morgan fingerprint density at radius 3 is 2.58 bits per heavy atom. The van der Waals surface area contributed by atoms with Crippen LogP contribution in [0.1, 0.15) is 43.0 Å². The highest BCUT2D eigenvalue weighted by Crippen LogP contribution is 2.34. The van der Waals surface area contributed by atoms with Crippen LogP contribution in [-0.4, -0.2) is 24.4 Å². The van der Waals surface area contributed by atoms with Crippen molar-refractivity contribution in [2.45, 2.75) is 31.2 Å². The molecule has 24 heavy (non-hydrogen) atoms. The molecule has 0 radical (unpaired) electrons. The summed E-state index contributed by atoms with van der Waals surface area (Å²) in [4.78, 5) is 4.42. The minimum Gasteiger partial charge on any atom is -0.497 e. The van der Waals surface area contributed by atoms with Crippen molar-refractivity contribution in [3.8, 4) is 11.5 Å². The van der Waals surface area contributed by atoms with E-state index in [2.05, 4.69) is 10.1 Å². The molecule has 0 spiro atoms. The molecule has 2 aromatic rings. The predicted octanol–water partition coefficient (Wildman–Crippen LogP) is 3.41. The van der Waals surface area contributed by atoms with E-state index >= 15 is 0 Å². The van der Waals surface area contributed by atoms with Gasteiger partial charge in [-0.3, -0.25) is 0 Å². The van der Waals surface area contributed by atoms with E-state index < -0.39 is 5.54 Å². The summed E-state index contributed by atoms with van der Waals surface area (Å²) in [6.45, 7) is 0. The number of nitrogens with zero attached hydrogens (tertiary/aromatic N) is 2. The van der Waals surface area contributed by atoms with Gasteiger partial charge >= 0.3 is 0 Å². The van der Waals surface area contributed by atoms with Crippen molar-refractivity contribution >= 4 is 24.6 Å². The lowest BCUT2D eigenvalue weighted by Crippen LogP contribution is -2.34. The van der Waals surface area contributed by atoms with Gasteiger partial charge < -0.3 is 19.7 Å². The van der Waals surface area contributed by atoms with Gasteiger partial charge in [-0.05, 0) is 37.1 Å². The van der Waals surface area contributed by atoms with Gasteiger partial charge in [0, 0.05) is 11.6 Å². The quantitative estimate of drug-likeness (QED) is 0.888. The number of ether oxygens (including phenoxy) is 2. The monoisotopic (exact) mass is 351 g/mol. The molecule has 3 rings (SSSR count). The Bertz CT molecular complexity index is 709. The summed E-state index contributed by atoms with van der Waals surface area (Å²) in [5, 5.41) is 4.04. The SMILES string of the molecule is COc1ccc(OC)c(/C=C/c2nc(C3(N)CCCC3)no2)c1.Cl. The number of hydrogen-bond donors (Lipinski definition) is 1. The van der Waals surface area contributed by atoms with Gasteiger partial charge in [-0.1, -0.05) is 18.0 Å². The highest BCUT2D eigenvalue weighted by atomic mass is 35.5. The van der Waals surface area contributed by atoms with Crippen LogP contribution in [0.4, 0.5) is 0 Å². The summed E-state index contributed by atoms with van der Waals surface area (Å²) >= 11 is 0. The molecule has 0 bridgehead atoms. The van der Waals surface area contributed by atoms with E-state index in [1.165, 1.54) is 0 Å². The van der Waals surface area contributed by atoms with Crippen LogP contribution in [0.15, 0.2) is 22.7 Å². The first-order chi connectivity index (χ1) is 11.1. The van der Waals surface area contributed by atoms with E-state index in [1.54, 1.807) is 20.3 Å². The van der Waals surface area contributed by atoms with Crippen molar-refractivity contribution in [1.29, 1.82) is 0 Å². The Labute approximate surface area is 147 Å². The molecule has 0 aliphatic heterocycles. The topological polar surface area (TPSA) is 83.4 Å². The number of hydrogen-bond acceptors (Lipinski definition) is 6. The average Bonchev–Trinajstić information content (AvgIpc) is 3.22. The van der Waals surface area contributed by atoms with Crippen molar-refractivity contribution in [1.82, 2.24) is 10.1 Å². The fourth-order valence-corrected chi connectivity index (χ4v) is 2.87. The molecular weight excluding hydrogens is 330 g/mol. The molecule has 2 N–H and O–H groups in total. The first-order valence-corrected chi connectivity index (χ1v) is 7.68. The third-order valence-electron chi connectivity index (χ3n) is 4.23. The number of benzene rings is 1. The summed E-state index contributed by atoms with van der Waals surface area (Å²) in [5.74, 6) is 2.52. The zero-order valence-corrected chi connectivity index (χ0v) is 14.6. The largest absolute Gasteiger partial charge is 0.497 e. The maximum absolute atomic E-state index is 6.34. The van der Waals surface area contributed by atoms with Crippen LogP contribution in [0.25, 0.3) is 12.2 Å². The minimum absolute atomic E-state index is 0. The van der Waals surface area contributed by atoms with Crippen LogP contribution < -0.4 is 15.2 Å². The van der Waals surface area contributed by atoms with Gasteiger partial charge in [0.2, 0.25) is 0 Å². The molecule has 1 saturated carbocycles. The van der Waals surface area contributed by atoms with Crippen molar-refractivity contribution in [2.24, 2.45) is 5.73 Å². The lowest BCUT2D eigenvalue weighted by atomic mass is 9.99. The smallest absolute Gasteiger partial charge is 0.250 e. The van der Waals surface area contributed by atoms with E-state index in [4.69, 9.17) is 19.7 Å². The van der Waals surface area contributed by atoms with Gasteiger partial charge in [-0.25, -0.2) is 0 Å². The summed E-state index contributed by atoms with van der Waals surface area (Å²) in [6, 6.07) is 5.58. The standard InChI is InChI=1S/C17H21N3O3.ClH/c1-21-13-6-7-14(22-2)12(11-13)5-8-15-19-16(20-23-15)17(18)9-3-4-10-17;/h5-8,11H,3-4,9-10,18H2,1-2H3;1H/b8-5+;. The Morgan fingerprint density at radius 1 is 1.17 bits per heavy atom. The van der Waals surface area contributed by atoms with Crippen LogP contribution in [0.2, 0.25) is 0 Å². The van der Waals surface area contributed by atoms with Gasteiger partial charge in [-0.2, -0.15) is 4.98 Å².